The van der Waals surface area contributed by atoms with Crippen LogP contribution in [0.1, 0.15) is 30.9 Å². The second kappa shape index (κ2) is 6.35. The molecule has 0 radical (unpaired) electrons. The van der Waals surface area contributed by atoms with Gasteiger partial charge in [0.15, 0.2) is 11.5 Å². The lowest BCUT2D eigenvalue weighted by Gasteiger charge is -2.19. The van der Waals surface area contributed by atoms with Crippen LogP contribution in [0.25, 0.3) is 0 Å². The maximum Gasteiger partial charge on any atom is 0.389 e. The van der Waals surface area contributed by atoms with Crippen molar-refractivity contribution in [1.29, 1.82) is 0 Å². The summed E-state index contributed by atoms with van der Waals surface area (Å²) in [5.74, 6) is 1.25. The van der Waals surface area contributed by atoms with Crippen LogP contribution < -0.4 is 14.8 Å². The largest absolute Gasteiger partial charge is 0.490 e. The maximum absolute atomic E-state index is 12.3. The van der Waals surface area contributed by atoms with Crippen molar-refractivity contribution in [3.05, 3.63) is 23.8 Å². The molecule has 0 saturated heterocycles. The summed E-state index contributed by atoms with van der Waals surface area (Å²) in [5.41, 5.74) is 0.779. The number of ether oxygens (including phenoxy) is 2. The van der Waals surface area contributed by atoms with Gasteiger partial charge in [-0.2, -0.15) is 13.2 Å². The molecular formula is C14H18F3NO2. The van der Waals surface area contributed by atoms with Gasteiger partial charge in [0, 0.05) is 18.9 Å². The normalized spacial score (nSPS) is 16.6. The first kappa shape index (κ1) is 15.0. The Balaban J connectivity index is 2.12. The van der Waals surface area contributed by atoms with E-state index in [4.69, 9.17) is 9.47 Å². The molecule has 20 heavy (non-hydrogen) atoms. The van der Waals surface area contributed by atoms with E-state index < -0.39 is 12.6 Å². The van der Waals surface area contributed by atoms with Gasteiger partial charge in [0.05, 0.1) is 13.2 Å². The summed E-state index contributed by atoms with van der Waals surface area (Å²) in [5, 5.41) is 2.92. The Labute approximate surface area is 116 Å². The SMILES string of the molecule is CNC(CCC(F)(F)F)c1ccc2c(c1)OCCCO2. The highest BCUT2D eigenvalue weighted by atomic mass is 19.4. The van der Waals surface area contributed by atoms with E-state index >= 15 is 0 Å². The van der Waals surface area contributed by atoms with Crippen molar-refractivity contribution < 1.29 is 22.6 Å². The summed E-state index contributed by atoms with van der Waals surface area (Å²) in [4.78, 5) is 0. The number of fused-ring (bicyclic) bond motifs is 1. The lowest BCUT2D eigenvalue weighted by atomic mass is 10.0. The van der Waals surface area contributed by atoms with Crippen LogP contribution in [0, 0.1) is 0 Å². The van der Waals surface area contributed by atoms with Gasteiger partial charge in [-0.1, -0.05) is 6.07 Å². The fraction of sp³-hybridized carbons (Fsp3) is 0.571. The van der Waals surface area contributed by atoms with Gasteiger partial charge in [0.25, 0.3) is 0 Å². The molecule has 1 aromatic rings. The summed E-state index contributed by atoms with van der Waals surface area (Å²) in [6.07, 6.45) is -4.15. The molecule has 3 nitrogen and oxygen atoms in total. The Kier molecular flexibility index (Phi) is 4.75. The number of halogens is 3. The van der Waals surface area contributed by atoms with Crippen LogP contribution in [0.15, 0.2) is 18.2 Å². The van der Waals surface area contributed by atoms with Crippen molar-refractivity contribution in [2.24, 2.45) is 0 Å². The monoisotopic (exact) mass is 289 g/mol. The van der Waals surface area contributed by atoms with E-state index in [1.807, 2.05) is 0 Å². The molecule has 1 unspecified atom stereocenters. The Bertz CT molecular complexity index is 449. The Morgan fingerprint density at radius 2 is 1.90 bits per heavy atom. The zero-order chi connectivity index (χ0) is 14.6. The fourth-order valence-electron chi connectivity index (χ4n) is 2.18. The van der Waals surface area contributed by atoms with Crippen molar-refractivity contribution in [2.45, 2.75) is 31.5 Å². The number of hydrogen-bond acceptors (Lipinski definition) is 3. The number of rotatable bonds is 4. The second-order valence-corrected chi connectivity index (χ2v) is 4.75. The Morgan fingerprint density at radius 3 is 2.55 bits per heavy atom. The first-order chi connectivity index (χ1) is 9.49. The minimum Gasteiger partial charge on any atom is -0.490 e. The third-order valence-electron chi connectivity index (χ3n) is 3.24. The highest BCUT2D eigenvalue weighted by Crippen LogP contribution is 2.34. The van der Waals surface area contributed by atoms with Gasteiger partial charge >= 0.3 is 6.18 Å². The van der Waals surface area contributed by atoms with E-state index in [-0.39, 0.29) is 12.5 Å². The van der Waals surface area contributed by atoms with Crippen LogP contribution in [0.2, 0.25) is 0 Å². The van der Waals surface area contributed by atoms with Gasteiger partial charge < -0.3 is 14.8 Å². The summed E-state index contributed by atoms with van der Waals surface area (Å²) in [6.45, 7) is 1.15. The van der Waals surface area contributed by atoms with E-state index in [0.717, 1.165) is 12.0 Å². The topological polar surface area (TPSA) is 30.5 Å². The van der Waals surface area contributed by atoms with Crippen molar-refractivity contribution in [1.82, 2.24) is 5.32 Å². The van der Waals surface area contributed by atoms with Crippen molar-refractivity contribution in [3.63, 3.8) is 0 Å². The smallest absolute Gasteiger partial charge is 0.389 e. The zero-order valence-electron chi connectivity index (χ0n) is 11.3. The quantitative estimate of drug-likeness (QED) is 0.921. The summed E-state index contributed by atoms with van der Waals surface area (Å²) in [7, 11) is 1.66. The number of benzene rings is 1. The Hall–Kier alpha value is -1.43. The number of nitrogens with one attached hydrogen (secondary N) is 1. The molecule has 0 fully saturated rings. The van der Waals surface area contributed by atoms with Crippen LogP contribution in [-0.4, -0.2) is 26.4 Å². The highest BCUT2D eigenvalue weighted by molar-refractivity contribution is 5.44. The molecule has 1 aromatic carbocycles. The van der Waals surface area contributed by atoms with E-state index in [2.05, 4.69) is 5.32 Å². The fourth-order valence-corrected chi connectivity index (χ4v) is 2.18. The summed E-state index contributed by atoms with van der Waals surface area (Å²) in [6, 6.07) is 4.95. The average molecular weight is 289 g/mol. The van der Waals surface area contributed by atoms with Crippen LogP contribution in [-0.2, 0) is 0 Å². The van der Waals surface area contributed by atoms with Crippen LogP contribution >= 0.6 is 0 Å². The molecule has 1 aliphatic heterocycles. The van der Waals surface area contributed by atoms with Crippen LogP contribution in [0.4, 0.5) is 13.2 Å². The van der Waals surface area contributed by atoms with Crippen LogP contribution in [0.3, 0.4) is 0 Å². The van der Waals surface area contributed by atoms with Gasteiger partial charge in [-0.25, -0.2) is 0 Å². The molecule has 0 aromatic heterocycles. The number of hydrogen-bond donors (Lipinski definition) is 1. The molecule has 1 N–H and O–H groups in total. The molecule has 0 saturated carbocycles. The lowest BCUT2D eigenvalue weighted by Crippen LogP contribution is -2.19. The van der Waals surface area contributed by atoms with Crippen LogP contribution in [0.5, 0.6) is 11.5 Å². The first-order valence-corrected chi connectivity index (χ1v) is 6.63. The van der Waals surface area contributed by atoms with Crippen molar-refractivity contribution in [3.8, 4) is 11.5 Å². The van der Waals surface area contributed by atoms with Gasteiger partial charge in [-0.05, 0) is 31.2 Å². The predicted molar refractivity (Wildman–Crippen MR) is 69.1 cm³/mol. The Morgan fingerprint density at radius 1 is 1.20 bits per heavy atom. The molecule has 0 spiro atoms. The third kappa shape index (κ3) is 4.03. The molecule has 1 aliphatic rings. The molecule has 0 aliphatic carbocycles. The highest BCUT2D eigenvalue weighted by Gasteiger charge is 2.28. The van der Waals surface area contributed by atoms with E-state index in [1.54, 1.807) is 25.2 Å². The molecule has 1 atom stereocenters. The molecule has 0 bridgehead atoms. The minimum absolute atomic E-state index is 0.000353. The molecule has 112 valence electrons. The maximum atomic E-state index is 12.3. The second-order valence-electron chi connectivity index (χ2n) is 4.75. The van der Waals surface area contributed by atoms with Gasteiger partial charge in [0.2, 0.25) is 0 Å². The van der Waals surface area contributed by atoms with E-state index in [0.29, 0.717) is 24.7 Å². The standard InChI is InChI=1S/C14H18F3NO2/c1-18-11(5-6-14(15,16)17)10-3-4-12-13(9-10)20-8-2-7-19-12/h3-4,9,11,18H,2,5-8H2,1H3. The van der Waals surface area contributed by atoms with Gasteiger partial charge in [-0.3, -0.25) is 0 Å². The molecule has 0 amide bonds. The summed E-state index contributed by atoms with van der Waals surface area (Å²) >= 11 is 0. The van der Waals surface area contributed by atoms with E-state index in [9.17, 15) is 13.2 Å². The first-order valence-electron chi connectivity index (χ1n) is 6.63. The molecule has 2 rings (SSSR count). The van der Waals surface area contributed by atoms with Crippen molar-refractivity contribution in [2.75, 3.05) is 20.3 Å². The third-order valence-corrected chi connectivity index (χ3v) is 3.24. The lowest BCUT2D eigenvalue weighted by molar-refractivity contribution is -0.136. The van der Waals surface area contributed by atoms with Crippen molar-refractivity contribution >= 4 is 0 Å². The zero-order valence-corrected chi connectivity index (χ0v) is 11.3. The van der Waals surface area contributed by atoms with Gasteiger partial charge in [0.1, 0.15) is 0 Å². The number of alkyl halides is 3. The molecule has 6 heteroatoms. The average Bonchev–Trinajstić information content (AvgIpc) is 2.62. The molecule has 1 heterocycles. The molecular weight excluding hydrogens is 271 g/mol. The van der Waals surface area contributed by atoms with E-state index in [1.165, 1.54) is 0 Å². The minimum atomic E-state index is -4.14. The predicted octanol–water partition coefficient (Wildman–Crippen LogP) is 3.45. The van der Waals surface area contributed by atoms with Gasteiger partial charge in [-0.15, -0.1) is 0 Å². The summed E-state index contributed by atoms with van der Waals surface area (Å²) < 4.78 is 48.0.